The van der Waals surface area contributed by atoms with Crippen LogP contribution in [0.25, 0.3) is 0 Å². The van der Waals surface area contributed by atoms with Crippen molar-refractivity contribution >= 4 is 15.9 Å². The molecule has 5 N–H and O–H groups in total. The zero-order chi connectivity index (χ0) is 23.3. The van der Waals surface area contributed by atoms with Gasteiger partial charge in [-0.2, -0.15) is 8.42 Å². The van der Waals surface area contributed by atoms with Gasteiger partial charge in [0.2, 0.25) is 0 Å². The van der Waals surface area contributed by atoms with E-state index in [1.807, 2.05) is 0 Å². The minimum atomic E-state index is -4.47. The molecule has 9 nitrogen and oxygen atoms in total. The minimum absolute atomic E-state index is 0.0694. The fourth-order valence-corrected chi connectivity index (χ4v) is 3.53. The Balaban J connectivity index is 0. The van der Waals surface area contributed by atoms with Gasteiger partial charge in [0.05, 0.1) is 26.4 Å². The number of rotatable bonds is 19. The van der Waals surface area contributed by atoms with E-state index in [0.717, 1.165) is 19.3 Å². The lowest BCUT2D eigenvalue weighted by atomic mass is 10.0. The molecule has 30 heavy (non-hydrogen) atoms. The highest BCUT2D eigenvalue weighted by molar-refractivity contribution is 7.87. The van der Waals surface area contributed by atoms with Crippen LogP contribution in [-0.4, -0.2) is 95.4 Å². The average molecular weight is 458 g/mol. The van der Waals surface area contributed by atoms with Crippen LogP contribution in [0, 0.1) is 0 Å². The van der Waals surface area contributed by atoms with E-state index < -0.39 is 27.8 Å². The number of Topliss-reactive ketones (excluding diaryl/α,β-unsaturated/α-hetero) is 1. The Labute approximate surface area is 181 Å². The molecule has 0 aliphatic rings. The van der Waals surface area contributed by atoms with Crippen LogP contribution in [0.2, 0.25) is 0 Å². The van der Waals surface area contributed by atoms with Crippen molar-refractivity contribution < 1.29 is 38.2 Å². The molecule has 0 aromatic rings. The molecule has 0 rings (SSSR count). The quantitative estimate of drug-likeness (QED) is 0.141. The molecule has 0 spiro atoms. The van der Waals surface area contributed by atoms with E-state index in [2.05, 4.69) is 6.92 Å². The van der Waals surface area contributed by atoms with E-state index in [1.165, 1.54) is 32.1 Å². The molecule has 0 aliphatic carbocycles. The summed E-state index contributed by atoms with van der Waals surface area (Å²) in [7, 11) is -4.47. The Morgan fingerprint density at radius 2 is 1.17 bits per heavy atom. The lowest BCUT2D eigenvalue weighted by molar-refractivity contribution is -0.119. The second kappa shape index (κ2) is 21.6. The van der Waals surface area contributed by atoms with Crippen LogP contribution >= 0.6 is 0 Å². The molecule has 0 saturated heterocycles. The van der Waals surface area contributed by atoms with Crippen molar-refractivity contribution in [2.45, 2.75) is 76.4 Å². The van der Waals surface area contributed by atoms with Crippen LogP contribution in [0.1, 0.15) is 71.1 Å². The number of nitrogens with zero attached hydrogens (tertiary/aromatic N) is 1. The van der Waals surface area contributed by atoms with Gasteiger partial charge in [-0.3, -0.25) is 14.2 Å². The Kier molecular flexibility index (Phi) is 22.7. The molecule has 0 heterocycles. The van der Waals surface area contributed by atoms with Crippen molar-refractivity contribution in [3.05, 3.63) is 0 Å². The van der Waals surface area contributed by atoms with Gasteiger partial charge in [-0.05, 0) is 6.42 Å². The van der Waals surface area contributed by atoms with Crippen LogP contribution in [0.5, 0.6) is 0 Å². The summed E-state index contributed by atoms with van der Waals surface area (Å²) in [5, 5.41) is 32.6. The van der Waals surface area contributed by atoms with E-state index in [-0.39, 0.29) is 26.2 Å². The predicted molar refractivity (Wildman–Crippen MR) is 117 cm³/mol. The van der Waals surface area contributed by atoms with Crippen LogP contribution in [0.3, 0.4) is 0 Å². The highest BCUT2D eigenvalue weighted by Crippen LogP contribution is 2.12. The number of hydrogen-bond donors (Lipinski definition) is 5. The molecule has 0 aromatic heterocycles. The highest BCUT2D eigenvalue weighted by Gasteiger charge is 2.29. The minimum Gasteiger partial charge on any atom is -0.395 e. The first-order chi connectivity index (χ1) is 14.3. The summed E-state index contributed by atoms with van der Waals surface area (Å²) in [4.78, 5) is 13.3. The summed E-state index contributed by atoms with van der Waals surface area (Å²) in [6, 6.07) is 0. The third kappa shape index (κ3) is 19.3. The number of hydrogen-bond acceptors (Lipinski definition) is 8. The normalized spacial score (nSPS) is 12.5. The molecule has 0 aromatic carbocycles. The zero-order valence-electron chi connectivity index (χ0n) is 18.4. The molecule has 10 heteroatoms. The first kappa shape index (κ1) is 31.6. The number of carbonyl (C=O) groups excluding carboxylic acids is 1. The smallest absolute Gasteiger partial charge is 0.277 e. The third-order valence-corrected chi connectivity index (χ3v) is 5.79. The third-order valence-electron chi connectivity index (χ3n) is 4.66. The fourth-order valence-electron chi connectivity index (χ4n) is 2.89. The zero-order valence-corrected chi connectivity index (χ0v) is 19.2. The number of unbranched alkanes of at least 4 members (excludes halogenated alkanes) is 8. The average Bonchev–Trinajstić information content (AvgIpc) is 2.67. The number of carbonyl (C=O) groups is 1. The Morgan fingerprint density at radius 1 is 0.767 bits per heavy atom. The molecule has 0 fully saturated rings. The fraction of sp³-hybridized carbons (Fsp3) is 0.950. The van der Waals surface area contributed by atoms with Crippen molar-refractivity contribution in [1.82, 2.24) is 4.90 Å². The van der Waals surface area contributed by atoms with E-state index in [0.29, 0.717) is 26.1 Å². The number of aliphatic hydroxyl groups excluding tert-OH is 4. The first-order valence-electron chi connectivity index (χ1n) is 10.9. The Morgan fingerprint density at radius 3 is 1.50 bits per heavy atom. The van der Waals surface area contributed by atoms with Gasteiger partial charge in [-0.15, -0.1) is 0 Å². The van der Waals surface area contributed by atoms with E-state index in [9.17, 15) is 13.2 Å². The summed E-state index contributed by atoms with van der Waals surface area (Å²) < 4.78 is 30.5. The summed E-state index contributed by atoms with van der Waals surface area (Å²) in [6.07, 6.45) is 10.0. The van der Waals surface area contributed by atoms with Gasteiger partial charge in [0.1, 0.15) is 0 Å². The van der Waals surface area contributed by atoms with Crippen molar-refractivity contribution in [1.29, 1.82) is 0 Å². The monoisotopic (exact) mass is 457 g/mol. The Bertz CT molecular complexity index is 473. The topological polar surface area (TPSA) is 156 Å². The standard InChI is InChI=1S/C14H28O5S.C6H15NO3/c1-2-3-4-5-6-7-8-9-10-11-13(16)14(12-15)20(17,18)19;8-4-1-7(2-5-9)3-6-10/h14-15H,2-12H2,1H3,(H,17,18,19);8-10H,1-6H2. The molecule has 0 amide bonds. The lowest BCUT2D eigenvalue weighted by Gasteiger charge is -2.17. The van der Waals surface area contributed by atoms with Gasteiger partial charge in [0.25, 0.3) is 10.1 Å². The maximum absolute atomic E-state index is 11.5. The van der Waals surface area contributed by atoms with Crippen LogP contribution in [-0.2, 0) is 14.9 Å². The van der Waals surface area contributed by atoms with Gasteiger partial charge < -0.3 is 20.4 Å². The number of aliphatic hydroxyl groups is 4. The molecular formula is C20H43NO8S. The summed E-state index contributed by atoms with van der Waals surface area (Å²) in [5.41, 5.74) is 0. The summed E-state index contributed by atoms with van der Waals surface area (Å²) >= 11 is 0. The molecular weight excluding hydrogens is 414 g/mol. The SMILES string of the molecule is CCCCCCCCCCCC(=O)C(CO)S(=O)(=O)O.OCCN(CCO)CCO. The van der Waals surface area contributed by atoms with Gasteiger partial charge in [-0.1, -0.05) is 58.3 Å². The molecule has 0 saturated carbocycles. The van der Waals surface area contributed by atoms with Gasteiger partial charge >= 0.3 is 0 Å². The van der Waals surface area contributed by atoms with Crippen molar-refractivity contribution in [2.24, 2.45) is 0 Å². The highest BCUT2D eigenvalue weighted by atomic mass is 32.2. The molecule has 0 bridgehead atoms. The molecule has 0 aliphatic heterocycles. The van der Waals surface area contributed by atoms with Crippen molar-refractivity contribution in [3.63, 3.8) is 0 Å². The van der Waals surface area contributed by atoms with Crippen molar-refractivity contribution in [2.75, 3.05) is 46.1 Å². The molecule has 1 unspecified atom stereocenters. The first-order valence-corrected chi connectivity index (χ1v) is 12.4. The predicted octanol–water partition coefficient (Wildman–Crippen LogP) is 0.990. The van der Waals surface area contributed by atoms with Crippen LogP contribution in [0.15, 0.2) is 0 Å². The lowest BCUT2D eigenvalue weighted by Crippen LogP contribution is -2.33. The van der Waals surface area contributed by atoms with Crippen molar-refractivity contribution in [3.8, 4) is 0 Å². The van der Waals surface area contributed by atoms with Gasteiger partial charge in [0, 0.05) is 26.1 Å². The van der Waals surface area contributed by atoms with Crippen LogP contribution < -0.4 is 0 Å². The Hall–Kier alpha value is -0.620. The molecule has 182 valence electrons. The summed E-state index contributed by atoms with van der Waals surface area (Å²) in [5.74, 6) is -0.599. The van der Waals surface area contributed by atoms with E-state index in [4.69, 9.17) is 25.0 Å². The summed E-state index contributed by atoms with van der Waals surface area (Å²) in [6.45, 7) is 3.09. The largest absolute Gasteiger partial charge is 0.395 e. The van der Waals surface area contributed by atoms with Crippen LogP contribution in [0.4, 0.5) is 0 Å². The molecule has 0 radical (unpaired) electrons. The van der Waals surface area contributed by atoms with E-state index >= 15 is 0 Å². The molecule has 1 atom stereocenters. The van der Waals surface area contributed by atoms with E-state index in [1.54, 1.807) is 4.90 Å². The number of ketones is 1. The van der Waals surface area contributed by atoms with Gasteiger partial charge in [-0.25, -0.2) is 0 Å². The second-order valence-electron chi connectivity index (χ2n) is 7.24. The maximum atomic E-state index is 11.5. The second-order valence-corrected chi connectivity index (χ2v) is 8.84. The van der Waals surface area contributed by atoms with Gasteiger partial charge in [0.15, 0.2) is 11.0 Å². The maximum Gasteiger partial charge on any atom is 0.277 e.